The van der Waals surface area contributed by atoms with Gasteiger partial charge in [-0.1, -0.05) is 18.2 Å². The highest BCUT2D eigenvalue weighted by Gasteiger charge is 2.20. The molecular formula is C18H23N3O5. The van der Waals surface area contributed by atoms with Crippen LogP contribution in [-0.4, -0.2) is 49.3 Å². The number of aryl methyl sites for hydroxylation is 2. The Morgan fingerprint density at radius 3 is 2.54 bits per heavy atom. The molecule has 140 valence electrons. The number of hydrogen-bond donors (Lipinski definition) is 1. The number of nitrogens with one attached hydrogen (secondary N) is 1. The standard InChI is InChI=1S/C18H23N3O5/c1-12-6-5-7-13(2)16(12)20-18(23)21(8-9-24-3)10-15-19-14(11-26-15)17(22)25-4/h5-7,11H,8-10H2,1-4H3,(H,20,23). The number of amides is 2. The van der Waals surface area contributed by atoms with Crippen molar-refractivity contribution in [3.8, 4) is 0 Å². The predicted octanol–water partition coefficient (Wildman–Crippen LogP) is 2.76. The summed E-state index contributed by atoms with van der Waals surface area (Å²) >= 11 is 0. The van der Waals surface area contributed by atoms with Crippen LogP contribution in [0.15, 0.2) is 28.9 Å². The maximum Gasteiger partial charge on any atom is 0.360 e. The Labute approximate surface area is 152 Å². The first kappa shape index (κ1) is 19.5. The van der Waals surface area contributed by atoms with Crippen molar-refractivity contribution in [2.24, 2.45) is 0 Å². The van der Waals surface area contributed by atoms with Gasteiger partial charge in [-0.25, -0.2) is 14.6 Å². The molecule has 2 aromatic rings. The quantitative estimate of drug-likeness (QED) is 0.762. The van der Waals surface area contributed by atoms with Gasteiger partial charge in [-0.3, -0.25) is 0 Å². The minimum absolute atomic E-state index is 0.0596. The molecule has 0 unspecified atom stereocenters. The summed E-state index contributed by atoms with van der Waals surface area (Å²) in [6, 6.07) is 5.49. The first-order chi connectivity index (χ1) is 12.5. The van der Waals surface area contributed by atoms with Crippen molar-refractivity contribution in [2.75, 3.05) is 32.7 Å². The van der Waals surface area contributed by atoms with Gasteiger partial charge in [0.25, 0.3) is 0 Å². The van der Waals surface area contributed by atoms with Crippen molar-refractivity contribution in [1.82, 2.24) is 9.88 Å². The molecule has 2 amide bonds. The van der Waals surface area contributed by atoms with Crippen LogP contribution in [0.1, 0.15) is 27.5 Å². The van der Waals surface area contributed by atoms with Crippen molar-refractivity contribution < 1.29 is 23.5 Å². The van der Waals surface area contributed by atoms with E-state index in [4.69, 9.17) is 9.15 Å². The van der Waals surface area contributed by atoms with Crippen LogP contribution < -0.4 is 5.32 Å². The minimum atomic E-state index is -0.594. The normalized spacial score (nSPS) is 10.5. The van der Waals surface area contributed by atoms with Crippen molar-refractivity contribution in [1.29, 1.82) is 0 Å². The van der Waals surface area contributed by atoms with Crippen molar-refractivity contribution in [2.45, 2.75) is 20.4 Å². The van der Waals surface area contributed by atoms with E-state index in [0.717, 1.165) is 16.8 Å². The average molecular weight is 361 g/mol. The predicted molar refractivity (Wildman–Crippen MR) is 95.1 cm³/mol. The number of aromatic nitrogens is 1. The van der Waals surface area contributed by atoms with Gasteiger partial charge in [-0.2, -0.15) is 0 Å². The van der Waals surface area contributed by atoms with E-state index in [0.29, 0.717) is 13.2 Å². The summed E-state index contributed by atoms with van der Waals surface area (Å²) in [7, 11) is 2.82. The number of methoxy groups -OCH3 is 2. The second-order valence-electron chi connectivity index (χ2n) is 5.73. The molecule has 0 bridgehead atoms. The zero-order valence-electron chi connectivity index (χ0n) is 15.4. The topological polar surface area (TPSA) is 93.9 Å². The molecule has 0 saturated heterocycles. The molecule has 1 aromatic heterocycles. The number of oxazole rings is 1. The number of rotatable bonds is 7. The highest BCUT2D eigenvalue weighted by Crippen LogP contribution is 2.20. The second-order valence-corrected chi connectivity index (χ2v) is 5.73. The van der Waals surface area contributed by atoms with Crippen LogP contribution >= 0.6 is 0 Å². The van der Waals surface area contributed by atoms with Crippen LogP contribution in [0.5, 0.6) is 0 Å². The summed E-state index contributed by atoms with van der Waals surface area (Å²) in [4.78, 5) is 29.8. The van der Waals surface area contributed by atoms with Crippen LogP contribution in [0.25, 0.3) is 0 Å². The lowest BCUT2D eigenvalue weighted by atomic mass is 10.1. The highest BCUT2D eigenvalue weighted by atomic mass is 16.5. The Morgan fingerprint density at radius 2 is 1.92 bits per heavy atom. The van der Waals surface area contributed by atoms with Crippen molar-refractivity contribution in [3.63, 3.8) is 0 Å². The van der Waals surface area contributed by atoms with Gasteiger partial charge in [0, 0.05) is 19.3 Å². The first-order valence-corrected chi connectivity index (χ1v) is 8.10. The van der Waals surface area contributed by atoms with Crippen molar-refractivity contribution in [3.05, 3.63) is 47.2 Å². The maximum absolute atomic E-state index is 12.7. The second kappa shape index (κ2) is 9.00. The summed E-state index contributed by atoms with van der Waals surface area (Å²) in [5.41, 5.74) is 2.76. The largest absolute Gasteiger partial charge is 0.464 e. The lowest BCUT2D eigenvalue weighted by Gasteiger charge is -2.22. The molecule has 0 aliphatic heterocycles. The number of ether oxygens (including phenoxy) is 2. The molecule has 2 rings (SSSR count). The number of hydrogen-bond acceptors (Lipinski definition) is 6. The van der Waals surface area contributed by atoms with E-state index < -0.39 is 5.97 Å². The molecule has 0 spiro atoms. The van der Waals surface area contributed by atoms with E-state index in [-0.39, 0.29) is 24.2 Å². The number of carbonyl (C=O) groups excluding carboxylic acids is 2. The fourth-order valence-corrected chi connectivity index (χ4v) is 2.40. The van der Waals surface area contributed by atoms with E-state index in [2.05, 4.69) is 15.0 Å². The first-order valence-electron chi connectivity index (χ1n) is 8.10. The third-order valence-electron chi connectivity index (χ3n) is 3.84. The molecule has 1 heterocycles. The molecule has 8 nitrogen and oxygen atoms in total. The Bertz CT molecular complexity index is 752. The van der Waals surface area contributed by atoms with Gasteiger partial charge < -0.3 is 24.1 Å². The van der Waals surface area contributed by atoms with E-state index >= 15 is 0 Å². The molecule has 0 fully saturated rings. The summed E-state index contributed by atoms with van der Waals surface area (Å²) in [6.07, 6.45) is 1.21. The van der Waals surface area contributed by atoms with Gasteiger partial charge in [0.05, 0.1) is 20.3 Å². The lowest BCUT2D eigenvalue weighted by Crippen LogP contribution is -2.37. The van der Waals surface area contributed by atoms with Gasteiger partial charge in [0.1, 0.15) is 6.26 Å². The van der Waals surface area contributed by atoms with Crippen LogP contribution in [0.2, 0.25) is 0 Å². The number of urea groups is 1. The number of benzene rings is 1. The highest BCUT2D eigenvalue weighted by molar-refractivity contribution is 5.91. The molecule has 26 heavy (non-hydrogen) atoms. The van der Waals surface area contributed by atoms with Crippen LogP contribution in [-0.2, 0) is 16.0 Å². The number of carbonyl (C=O) groups is 2. The number of anilines is 1. The van der Waals surface area contributed by atoms with E-state index in [1.54, 1.807) is 7.11 Å². The molecule has 0 atom stereocenters. The van der Waals surface area contributed by atoms with Crippen LogP contribution in [0.3, 0.4) is 0 Å². The number of para-hydroxylation sites is 1. The average Bonchev–Trinajstić information content (AvgIpc) is 3.09. The molecule has 0 saturated carbocycles. The molecule has 8 heteroatoms. The zero-order chi connectivity index (χ0) is 19.1. The number of esters is 1. The molecule has 1 aromatic carbocycles. The minimum Gasteiger partial charge on any atom is -0.464 e. The molecule has 0 radical (unpaired) electrons. The smallest absolute Gasteiger partial charge is 0.360 e. The summed E-state index contributed by atoms with van der Waals surface area (Å²) < 4.78 is 14.9. The van der Waals surface area contributed by atoms with Gasteiger partial charge in [-0.05, 0) is 25.0 Å². The van der Waals surface area contributed by atoms with E-state index in [9.17, 15) is 9.59 Å². The summed E-state index contributed by atoms with van der Waals surface area (Å²) in [6.45, 7) is 4.64. The van der Waals surface area contributed by atoms with Crippen LogP contribution in [0, 0.1) is 13.8 Å². The van der Waals surface area contributed by atoms with Gasteiger partial charge >= 0.3 is 12.0 Å². The summed E-state index contributed by atoms with van der Waals surface area (Å²) in [5, 5.41) is 2.92. The summed E-state index contributed by atoms with van der Waals surface area (Å²) in [5.74, 6) is -0.360. The van der Waals surface area contributed by atoms with Gasteiger partial charge in [0.2, 0.25) is 5.89 Å². The lowest BCUT2D eigenvalue weighted by molar-refractivity contribution is 0.0594. The van der Waals surface area contributed by atoms with E-state index in [1.165, 1.54) is 18.3 Å². The fourth-order valence-electron chi connectivity index (χ4n) is 2.40. The monoisotopic (exact) mass is 361 g/mol. The van der Waals surface area contributed by atoms with Crippen LogP contribution in [0.4, 0.5) is 10.5 Å². The Balaban J connectivity index is 2.14. The van der Waals surface area contributed by atoms with Gasteiger partial charge in [0.15, 0.2) is 5.69 Å². The Kier molecular flexibility index (Phi) is 6.74. The SMILES string of the molecule is COCCN(Cc1nc(C(=O)OC)co1)C(=O)Nc1c(C)cccc1C. The van der Waals surface area contributed by atoms with Crippen molar-refractivity contribution >= 4 is 17.7 Å². The molecular weight excluding hydrogens is 338 g/mol. The third kappa shape index (κ3) is 4.82. The molecule has 0 aliphatic rings. The number of nitrogens with zero attached hydrogens (tertiary/aromatic N) is 2. The third-order valence-corrected chi connectivity index (χ3v) is 3.84. The molecule has 1 N–H and O–H groups in total. The van der Waals surface area contributed by atoms with E-state index in [1.807, 2.05) is 32.0 Å². The van der Waals surface area contributed by atoms with Gasteiger partial charge in [-0.15, -0.1) is 0 Å². The maximum atomic E-state index is 12.7. The fraction of sp³-hybridized carbons (Fsp3) is 0.389. The molecule has 0 aliphatic carbocycles. The Hall–Kier alpha value is -2.87. The zero-order valence-corrected chi connectivity index (χ0v) is 15.4. The Morgan fingerprint density at radius 1 is 1.23 bits per heavy atom.